The topological polar surface area (TPSA) is 79.2 Å². The molecule has 0 aliphatic heterocycles. The first-order valence-corrected chi connectivity index (χ1v) is 6.91. The molecule has 19 heavy (non-hydrogen) atoms. The quantitative estimate of drug-likeness (QED) is 0.801. The Morgan fingerprint density at radius 1 is 1.42 bits per heavy atom. The van der Waals surface area contributed by atoms with Crippen LogP contribution in [0.4, 0.5) is 5.69 Å². The zero-order chi connectivity index (χ0) is 14.4. The van der Waals surface area contributed by atoms with Gasteiger partial charge in [-0.3, -0.25) is 4.79 Å². The van der Waals surface area contributed by atoms with Crippen molar-refractivity contribution in [1.29, 1.82) is 5.26 Å². The summed E-state index contributed by atoms with van der Waals surface area (Å²) >= 11 is 6.52. The molecule has 1 aromatic rings. The maximum Gasteiger partial charge on any atom is 0.340 e. The van der Waals surface area contributed by atoms with E-state index in [1.165, 1.54) is 0 Å². The highest BCUT2D eigenvalue weighted by Crippen LogP contribution is 2.31. The van der Waals surface area contributed by atoms with Gasteiger partial charge in [-0.05, 0) is 35.0 Å². The average Bonchev–Trinajstić information content (AvgIpc) is 2.33. The van der Waals surface area contributed by atoms with E-state index in [4.69, 9.17) is 10.00 Å². The number of anilines is 1. The lowest BCUT2D eigenvalue weighted by Gasteiger charge is -2.12. The first-order valence-electron chi connectivity index (χ1n) is 5.32. The van der Waals surface area contributed by atoms with Crippen LogP contribution in [0, 0.1) is 11.3 Å². The molecule has 0 aromatic heterocycles. The van der Waals surface area contributed by atoms with Gasteiger partial charge in [-0.25, -0.2) is 4.79 Å². The number of nitriles is 1. The molecule has 0 radical (unpaired) electrons. The molecular weight excluding hydrogens is 380 g/mol. The smallest absolute Gasteiger partial charge is 0.340 e. The van der Waals surface area contributed by atoms with E-state index in [1.54, 1.807) is 25.1 Å². The molecule has 1 amide bonds. The average molecular weight is 390 g/mol. The van der Waals surface area contributed by atoms with Crippen LogP contribution < -0.4 is 5.32 Å². The van der Waals surface area contributed by atoms with E-state index in [2.05, 4.69) is 37.2 Å². The van der Waals surface area contributed by atoms with Crippen LogP contribution in [0.15, 0.2) is 21.1 Å². The summed E-state index contributed by atoms with van der Waals surface area (Å²) in [6.45, 7) is 1.92. The first kappa shape index (κ1) is 15.7. The molecule has 7 heteroatoms. The highest BCUT2D eigenvalue weighted by Gasteiger charge is 2.18. The number of ether oxygens (including phenoxy) is 1. The fraction of sp³-hybridized carbons (Fsp3) is 0.250. The summed E-state index contributed by atoms with van der Waals surface area (Å²) in [4.78, 5) is 23.3. The van der Waals surface area contributed by atoms with Gasteiger partial charge in [0.25, 0.3) is 0 Å². The van der Waals surface area contributed by atoms with Crippen LogP contribution in [0.1, 0.15) is 23.7 Å². The summed E-state index contributed by atoms with van der Waals surface area (Å²) in [5, 5.41) is 11.0. The lowest BCUT2D eigenvalue weighted by molar-refractivity contribution is -0.115. The Hall–Kier alpha value is -1.39. The molecule has 0 aliphatic rings. The lowest BCUT2D eigenvalue weighted by Crippen LogP contribution is -2.15. The molecule has 0 spiro atoms. The standard InChI is InChI=1S/C12H10Br2N2O3/c1-2-19-12(18)8-5-7(13)6-9(14)11(8)16-10(17)3-4-15/h5-6H,2-3H2,1H3,(H,16,17). The van der Waals surface area contributed by atoms with Crippen molar-refractivity contribution >= 4 is 49.4 Å². The molecule has 0 aliphatic carbocycles. The monoisotopic (exact) mass is 388 g/mol. The second-order valence-corrected chi connectivity index (χ2v) is 5.18. The van der Waals surface area contributed by atoms with E-state index in [-0.39, 0.29) is 18.6 Å². The van der Waals surface area contributed by atoms with Crippen molar-refractivity contribution in [2.45, 2.75) is 13.3 Å². The van der Waals surface area contributed by atoms with Gasteiger partial charge in [0.05, 0.1) is 23.9 Å². The molecule has 0 heterocycles. The van der Waals surface area contributed by atoms with E-state index >= 15 is 0 Å². The number of halogens is 2. The minimum atomic E-state index is -0.545. The Labute approximate surface area is 127 Å². The fourth-order valence-corrected chi connectivity index (χ4v) is 2.65. The summed E-state index contributed by atoms with van der Waals surface area (Å²) in [5.41, 5.74) is 0.510. The molecule has 1 N–H and O–H groups in total. The number of nitrogens with one attached hydrogen (secondary N) is 1. The third-order valence-corrected chi connectivity index (χ3v) is 3.14. The molecule has 0 saturated heterocycles. The zero-order valence-electron chi connectivity index (χ0n) is 10.00. The summed E-state index contributed by atoms with van der Waals surface area (Å²) in [5.74, 6) is -1.03. The summed E-state index contributed by atoms with van der Waals surface area (Å²) < 4.78 is 6.11. The van der Waals surface area contributed by atoms with E-state index in [0.29, 0.717) is 14.6 Å². The van der Waals surface area contributed by atoms with Gasteiger partial charge in [0.15, 0.2) is 0 Å². The Kier molecular flexibility index (Phi) is 5.99. The predicted octanol–water partition coefficient (Wildman–Crippen LogP) is 3.24. The van der Waals surface area contributed by atoms with Crippen molar-refractivity contribution in [3.05, 3.63) is 26.6 Å². The van der Waals surface area contributed by atoms with Crippen molar-refractivity contribution in [2.75, 3.05) is 11.9 Å². The largest absolute Gasteiger partial charge is 0.462 e. The molecular formula is C12H10Br2N2O3. The van der Waals surface area contributed by atoms with Gasteiger partial charge < -0.3 is 10.1 Å². The number of benzene rings is 1. The van der Waals surface area contributed by atoms with Gasteiger partial charge in [0, 0.05) is 8.95 Å². The Morgan fingerprint density at radius 3 is 2.68 bits per heavy atom. The van der Waals surface area contributed by atoms with Gasteiger partial charge in [0.1, 0.15) is 6.42 Å². The number of esters is 1. The van der Waals surface area contributed by atoms with Gasteiger partial charge in [-0.15, -0.1) is 0 Å². The number of hydrogen-bond acceptors (Lipinski definition) is 4. The predicted molar refractivity (Wildman–Crippen MR) is 76.7 cm³/mol. The van der Waals surface area contributed by atoms with E-state index < -0.39 is 11.9 Å². The number of amides is 1. The Balaban J connectivity index is 3.17. The van der Waals surface area contributed by atoms with Crippen LogP contribution in [0.25, 0.3) is 0 Å². The van der Waals surface area contributed by atoms with Crippen LogP contribution in [-0.4, -0.2) is 18.5 Å². The van der Waals surface area contributed by atoms with Gasteiger partial charge in [-0.2, -0.15) is 5.26 Å². The van der Waals surface area contributed by atoms with Crippen molar-refractivity contribution in [2.24, 2.45) is 0 Å². The van der Waals surface area contributed by atoms with Gasteiger partial charge >= 0.3 is 5.97 Å². The summed E-state index contributed by atoms with van der Waals surface area (Å²) in [7, 11) is 0. The van der Waals surface area contributed by atoms with Crippen LogP contribution in [0.3, 0.4) is 0 Å². The van der Waals surface area contributed by atoms with Crippen molar-refractivity contribution in [3.63, 3.8) is 0 Å². The number of carbonyl (C=O) groups excluding carboxylic acids is 2. The lowest BCUT2D eigenvalue weighted by atomic mass is 10.1. The van der Waals surface area contributed by atoms with E-state index in [1.807, 2.05) is 0 Å². The van der Waals surface area contributed by atoms with Crippen molar-refractivity contribution < 1.29 is 14.3 Å². The number of nitrogens with zero attached hydrogens (tertiary/aromatic N) is 1. The third kappa shape index (κ3) is 4.33. The number of rotatable bonds is 4. The molecule has 0 atom stereocenters. The van der Waals surface area contributed by atoms with Crippen LogP contribution in [0.5, 0.6) is 0 Å². The van der Waals surface area contributed by atoms with Crippen molar-refractivity contribution in [1.82, 2.24) is 0 Å². The number of hydrogen-bond donors (Lipinski definition) is 1. The second kappa shape index (κ2) is 7.26. The van der Waals surface area contributed by atoms with Crippen LogP contribution in [-0.2, 0) is 9.53 Å². The molecule has 1 aromatic carbocycles. The molecule has 0 bridgehead atoms. The highest BCUT2D eigenvalue weighted by molar-refractivity contribution is 9.11. The highest BCUT2D eigenvalue weighted by atomic mass is 79.9. The minimum absolute atomic E-state index is 0.217. The van der Waals surface area contributed by atoms with Crippen molar-refractivity contribution in [3.8, 4) is 6.07 Å². The second-order valence-electron chi connectivity index (χ2n) is 3.41. The maximum absolute atomic E-state index is 11.8. The third-order valence-electron chi connectivity index (χ3n) is 2.05. The van der Waals surface area contributed by atoms with Gasteiger partial charge in [-0.1, -0.05) is 15.9 Å². The first-order chi connectivity index (χ1) is 8.99. The minimum Gasteiger partial charge on any atom is -0.462 e. The zero-order valence-corrected chi connectivity index (χ0v) is 13.2. The normalized spacial score (nSPS) is 9.58. The van der Waals surface area contributed by atoms with E-state index in [9.17, 15) is 9.59 Å². The summed E-state index contributed by atoms with van der Waals surface area (Å²) in [6, 6.07) is 4.97. The van der Waals surface area contributed by atoms with Crippen LogP contribution >= 0.6 is 31.9 Å². The molecule has 0 saturated carbocycles. The molecule has 1 rings (SSSR count). The van der Waals surface area contributed by atoms with E-state index in [0.717, 1.165) is 0 Å². The maximum atomic E-state index is 11.8. The SMILES string of the molecule is CCOC(=O)c1cc(Br)cc(Br)c1NC(=O)CC#N. The molecule has 0 fully saturated rings. The fourth-order valence-electron chi connectivity index (χ4n) is 1.33. The molecule has 5 nitrogen and oxygen atoms in total. The summed E-state index contributed by atoms with van der Waals surface area (Å²) in [6.07, 6.45) is -0.287. The Morgan fingerprint density at radius 2 is 2.11 bits per heavy atom. The molecule has 0 unspecified atom stereocenters. The van der Waals surface area contributed by atoms with Crippen LogP contribution in [0.2, 0.25) is 0 Å². The molecule has 100 valence electrons. The Bertz CT molecular complexity index is 553. The number of carbonyl (C=O) groups is 2. The van der Waals surface area contributed by atoms with Gasteiger partial charge in [0.2, 0.25) is 5.91 Å².